The molecule has 0 spiro atoms. The SMILES string of the molecule is CC(C)(C)c1ccc(C(=O)N2CCC(CN)CC2)cc1. The molecule has 0 bridgehead atoms. The molecular formula is C17H26N2O. The Bertz CT molecular complexity index is 451. The molecule has 1 aromatic rings. The van der Waals surface area contributed by atoms with Crippen molar-refractivity contribution in [1.82, 2.24) is 4.90 Å². The minimum atomic E-state index is 0.126. The van der Waals surface area contributed by atoms with Crippen LogP contribution >= 0.6 is 0 Å². The summed E-state index contributed by atoms with van der Waals surface area (Å²) < 4.78 is 0. The number of benzene rings is 1. The smallest absolute Gasteiger partial charge is 0.253 e. The van der Waals surface area contributed by atoms with Gasteiger partial charge in [-0.2, -0.15) is 0 Å². The molecule has 0 atom stereocenters. The first-order valence-corrected chi connectivity index (χ1v) is 7.51. The van der Waals surface area contributed by atoms with Gasteiger partial charge in [-0.3, -0.25) is 4.79 Å². The van der Waals surface area contributed by atoms with Crippen molar-refractivity contribution in [3.63, 3.8) is 0 Å². The first-order chi connectivity index (χ1) is 9.41. The van der Waals surface area contributed by atoms with Gasteiger partial charge in [0.1, 0.15) is 0 Å². The highest BCUT2D eigenvalue weighted by Crippen LogP contribution is 2.23. The molecule has 1 amide bonds. The van der Waals surface area contributed by atoms with E-state index < -0.39 is 0 Å². The number of piperidine rings is 1. The Labute approximate surface area is 122 Å². The molecule has 3 nitrogen and oxygen atoms in total. The number of rotatable bonds is 2. The van der Waals surface area contributed by atoms with Gasteiger partial charge >= 0.3 is 0 Å². The second kappa shape index (κ2) is 5.96. The van der Waals surface area contributed by atoms with E-state index in [9.17, 15) is 4.79 Å². The molecule has 20 heavy (non-hydrogen) atoms. The molecule has 0 aliphatic carbocycles. The lowest BCUT2D eigenvalue weighted by Crippen LogP contribution is -2.40. The molecule has 0 saturated carbocycles. The summed E-state index contributed by atoms with van der Waals surface area (Å²) in [6.07, 6.45) is 2.06. The normalized spacial score (nSPS) is 17.3. The van der Waals surface area contributed by atoms with Gasteiger partial charge in [0.2, 0.25) is 0 Å². The fourth-order valence-corrected chi connectivity index (χ4v) is 2.67. The average Bonchev–Trinajstić information content (AvgIpc) is 2.46. The summed E-state index contributed by atoms with van der Waals surface area (Å²) in [6, 6.07) is 8.05. The number of hydrogen-bond acceptors (Lipinski definition) is 2. The molecule has 3 heteroatoms. The van der Waals surface area contributed by atoms with E-state index in [4.69, 9.17) is 5.73 Å². The summed E-state index contributed by atoms with van der Waals surface area (Å²) in [5, 5.41) is 0. The number of carbonyl (C=O) groups is 1. The van der Waals surface area contributed by atoms with Crippen LogP contribution in [0.25, 0.3) is 0 Å². The van der Waals surface area contributed by atoms with Gasteiger partial charge in [-0.1, -0.05) is 32.9 Å². The number of nitrogens with zero attached hydrogens (tertiary/aromatic N) is 1. The van der Waals surface area contributed by atoms with Gasteiger partial charge in [0.05, 0.1) is 0 Å². The van der Waals surface area contributed by atoms with Crippen LogP contribution in [0, 0.1) is 5.92 Å². The molecule has 0 aromatic heterocycles. The lowest BCUT2D eigenvalue weighted by molar-refractivity contribution is 0.0693. The van der Waals surface area contributed by atoms with E-state index in [2.05, 4.69) is 32.9 Å². The maximum Gasteiger partial charge on any atom is 0.253 e. The van der Waals surface area contributed by atoms with Gasteiger partial charge in [0.15, 0.2) is 0 Å². The topological polar surface area (TPSA) is 46.3 Å². The lowest BCUT2D eigenvalue weighted by atomic mass is 9.86. The molecule has 0 unspecified atom stereocenters. The highest BCUT2D eigenvalue weighted by Gasteiger charge is 2.23. The number of amides is 1. The summed E-state index contributed by atoms with van der Waals surface area (Å²) in [6.45, 7) is 8.95. The van der Waals surface area contributed by atoms with Crippen LogP contribution in [0.15, 0.2) is 24.3 Å². The Balaban J connectivity index is 2.03. The van der Waals surface area contributed by atoms with Crippen LogP contribution in [-0.2, 0) is 5.41 Å². The quantitative estimate of drug-likeness (QED) is 0.901. The van der Waals surface area contributed by atoms with Crippen LogP contribution in [0.3, 0.4) is 0 Å². The largest absolute Gasteiger partial charge is 0.339 e. The van der Waals surface area contributed by atoms with Crippen LogP contribution in [0.1, 0.15) is 49.5 Å². The zero-order valence-corrected chi connectivity index (χ0v) is 12.9. The lowest BCUT2D eigenvalue weighted by Gasteiger charge is -2.31. The fraction of sp³-hybridized carbons (Fsp3) is 0.588. The Kier molecular flexibility index (Phi) is 4.48. The zero-order valence-electron chi connectivity index (χ0n) is 12.9. The van der Waals surface area contributed by atoms with E-state index >= 15 is 0 Å². The van der Waals surface area contributed by atoms with Crippen LogP contribution in [0.2, 0.25) is 0 Å². The van der Waals surface area contributed by atoms with E-state index in [1.807, 2.05) is 17.0 Å². The van der Waals surface area contributed by atoms with Gasteiger partial charge in [0, 0.05) is 18.7 Å². The summed E-state index contributed by atoms with van der Waals surface area (Å²) in [4.78, 5) is 14.4. The van der Waals surface area contributed by atoms with Gasteiger partial charge in [-0.25, -0.2) is 0 Å². The second-order valence-electron chi connectivity index (χ2n) is 6.80. The third-order valence-electron chi connectivity index (χ3n) is 4.23. The number of likely N-dealkylation sites (tertiary alicyclic amines) is 1. The molecule has 110 valence electrons. The van der Waals surface area contributed by atoms with E-state index in [0.29, 0.717) is 5.92 Å². The minimum Gasteiger partial charge on any atom is -0.339 e. The van der Waals surface area contributed by atoms with Gasteiger partial charge in [-0.05, 0) is 48.4 Å². The molecule has 2 N–H and O–H groups in total. The molecule has 0 radical (unpaired) electrons. The monoisotopic (exact) mass is 274 g/mol. The van der Waals surface area contributed by atoms with Crippen LogP contribution in [0.4, 0.5) is 0 Å². The predicted molar refractivity (Wildman–Crippen MR) is 82.8 cm³/mol. The van der Waals surface area contributed by atoms with Crippen molar-refractivity contribution in [3.8, 4) is 0 Å². The van der Waals surface area contributed by atoms with Gasteiger partial charge in [-0.15, -0.1) is 0 Å². The van der Waals surface area contributed by atoms with Crippen LogP contribution in [-0.4, -0.2) is 30.4 Å². The summed E-state index contributed by atoms with van der Waals surface area (Å²) in [5.41, 5.74) is 7.87. The van der Waals surface area contributed by atoms with Crippen molar-refractivity contribution in [2.45, 2.75) is 39.0 Å². The predicted octanol–water partition coefficient (Wildman–Crippen LogP) is 2.80. The third-order valence-corrected chi connectivity index (χ3v) is 4.23. The van der Waals surface area contributed by atoms with Crippen molar-refractivity contribution < 1.29 is 4.79 Å². The Morgan fingerprint density at radius 1 is 1.20 bits per heavy atom. The van der Waals surface area contributed by atoms with E-state index in [-0.39, 0.29) is 11.3 Å². The first-order valence-electron chi connectivity index (χ1n) is 7.51. The van der Waals surface area contributed by atoms with Crippen molar-refractivity contribution in [2.75, 3.05) is 19.6 Å². The molecule has 1 fully saturated rings. The van der Waals surface area contributed by atoms with Crippen LogP contribution in [0.5, 0.6) is 0 Å². The standard InChI is InChI=1S/C17H26N2O/c1-17(2,3)15-6-4-14(5-7-15)16(20)19-10-8-13(12-18)9-11-19/h4-7,13H,8-12,18H2,1-3H3. The number of nitrogens with two attached hydrogens (primary N) is 1. The van der Waals surface area contributed by atoms with E-state index in [1.54, 1.807) is 0 Å². The van der Waals surface area contributed by atoms with Crippen molar-refractivity contribution >= 4 is 5.91 Å². The fourth-order valence-electron chi connectivity index (χ4n) is 2.67. The Hall–Kier alpha value is -1.35. The van der Waals surface area contributed by atoms with Crippen molar-refractivity contribution in [2.24, 2.45) is 11.7 Å². The summed E-state index contributed by atoms with van der Waals surface area (Å²) in [7, 11) is 0. The molecule has 2 rings (SSSR count). The number of hydrogen-bond donors (Lipinski definition) is 1. The molecule has 1 aliphatic heterocycles. The second-order valence-corrected chi connectivity index (χ2v) is 6.80. The average molecular weight is 274 g/mol. The van der Waals surface area contributed by atoms with E-state index in [0.717, 1.165) is 38.0 Å². The molecule has 1 aromatic carbocycles. The van der Waals surface area contributed by atoms with Crippen molar-refractivity contribution in [3.05, 3.63) is 35.4 Å². The maximum atomic E-state index is 12.5. The van der Waals surface area contributed by atoms with Gasteiger partial charge in [0.25, 0.3) is 5.91 Å². The Morgan fingerprint density at radius 2 is 1.75 bits per heavy atom. The molecule has 1 aliphatic rings. The number of carbonyl (C=O) groups excluding carboxylic acids is 1. The van der Waals surface area contributed by atoms with Crippen molar-refractivity contribution in [1.29, 1.82) is 0 Å². The van der Waals surface area contributed by atoms with E-state index in [1.165, 1.54) is 5.56 Å². The third kappa shape index (κ3) is 3.40. The molecular weight excluding hydrogens is 248 g/mol. The summed E-state index contributed by atoms with van der Waals surface area (Å²) in [5.74, 6) is 0.739. The zero-order chi connectivity index (χ0) is 14.8. The Morgan fingerprint density at radius 3 is 2.20 bits per heavy atom. The molecule has 1 heterocycles. The molecule has 1 saturated heterocycles. The van der Waals surface area contributed by atoms with Crippen LogP contribution < -0.4 is 5.73 Å². The highest BCUT2D eigenvalue weighted by molar-refractivity contribution is 5.94. The minimum absolute atomic E-state index is 0.126. The highest BCUT2D eigenvalue weighted by atomic mass is 16.2. The van der Waals surface area contributed by atoms with Gasteiger partial charge < -0.3 is 10.6 Å². The first kappa shape index (κ1) is 15.0. The maximum absolute atomic E-state index is 12.5. The summed E-state index contributed by atoms with van der Waals surface area (Å²) >= 11 is 0.